The monoisotopic (exact) mass is 334 g/mol. The summed E-state index contributed by atoms with van der Waals surface area (Å²) in [5.74, 6) is -0.838. The van der Waals surface area contributed by atoms with E-state index in [2.05, 4.69) is 31.0 Å². The number of carbonyl (C=O) groups excluding carboxylic acids is 3. The summed E-state index contributed by atoms with van der Waals surface area (Å²) in [4.78, 5) is 36.2. The number of carbonyl (C=O) groups is 3. The van der Waals surface area contributed by atoms with Gasteiger partial charge in [-0.05, 0) is 32.3 Å². The first-order valence-corrected chi connectivity index (χ1v) is 8.56. The van der Waals surface area contributed by atoms with Crippen LogP contribution in [0.25, 0.3) is 0 Å². The average molecular weight is 334 g/mol. The van der Waals surface area contributed by atoms with Crippen LogP contribution in [0.1, 0.15) is 53.9 Å². The molecule has 2 rings (SSSR count). The molecule has 2 aliphatic heterocycles. The highest BCUT2D eigenvalue weighted by Crippen LogP contribution is 2.26. The number of amides is 3. The van der Waals surface area contributed by atoms with Crippen LogP contribution in [-0.2, 0) is 14.4 Å². The Morgan fingerprint density at radius 2 is 1.88 bits per heavy atom. The third-order valence-electron chi connectivity index (χ3n) is 3.58. The molecule has 5 heteroatoms. The molecule has 3 amide bonds. The second kappa shape index (κ2) is 11.4. The van der Waals surface area contributed by atoms with Crippen molar-refractivity contribution >= 4 is 17.7 Å². The van der Waals surface area contributed by atoms with Crippen molar-refractivity contribution in [1.82, 2.24) is 10.2 Å². The first-order valence-electron chi connectivity index (χ1n) is 8.56. The first-order chi connectivity index (χ1) is 11.5. The summed E-state index contributed by atoms with van der Waals surface area (Å²) < 4.78 is 0. The number of imide groups is 1. The van der Waals surface area contributed by atoms with E-state index in [-0.39, 0.29) is 24.1 Å². The fourth-order valence-corrected chi connectivity index (χ4v) is 2.46. The van der Waals surface area contributed by atoms with Crippen LogP contribution >= 0.6 is 0 Å². The van der Waals surface area contributed by atoms with Gasteiger partial charge in [-0.3, -0.25) is 19.7 Å². The molecular weight excluding hydrogens is 304 g/mol. The molecule has 0 aliphatic carbocycles. The van der Waals surface area contributed by atoms with Gasteiger partial charge in [0.25, 0.3) is 5.91 Å². The Balaban J connectivity index is 0.000000650. The lowest BCUT2D eigenvalue weighted by Gasteiger charge is -2.28. The van der Waals surface area contributed by atoms with E-state index in [4.69, 9.17) is 0 Å². The van der Waals surface area contributed by atoms with Crippen molar-refractivity contribution in [2.24, 2.45) is 0 Å². The van der Waals surface area contributed by atoms with Gasteiger partial charge in [0, 0.05) is 18.5 Å². The summed E-state index contributed by atoms with van der Waals surface area (Å²) in [5.41, 5.74) is 1.29. The van der Waals surface area contributed by atoms with Crippen LogP contribution in [0.4, 0.5) is 0 Å². The zero-order valence-corrected chi connectivity index (χ0v) is 15.5. The lowest BCUT2D eigenvalue weighted by Crippen LogP contribution is -2.52. The molecular formula is C19H30N2O3. The molecule has 2 aliphatic rings. The largest absolute Gasteiger partial charge is 0.322 e. The second-order valence-electron chi connectivity index (χ2n) is 5.18. The highest BCUT2D eigenvalue weighted by atomic mass is 16.2. The van der Waals surface area contributed by atoms with Gasteiger partial charge in [-0.15, -0.1) is 0 Å². The van der Waals surface area contributed by atoms with Crippen molar-refractivity contribution in [3.8, 4) is 0 Å². The SMILES string of the molecule is C/C=C\CC.C=C1CN(C2CCC(=O)NC2=O)C(=O)/C1=C/C.CC. The van der Waals surface area contributed by atoms with Crippen molar-refractivity contribution in [2.75, 3.05) is 6.54 Å². The van der Waals surface area contributed by atoms with Crippen LogP contribution in [0.15, 0.2) is 36.0 Å². The highest BCUT2D eigenvalue weighted by Gasteiger charge is 2.39. The van der Waals surface area contributed by atoms with Gasteiger partial charge in [-0.1, -0.05) is 45.6 Å². The molecule has 0 saturated carbocycles. The summed E-state index contributed by atoms with van der Waals surface area (Å²) in [6.07, 6.45) is 7.71. The van der Waals surface area contributed by atoms with Crippen molar-refractivity contribution in [3.05, 3.63) is 36.0 Å². The molecule has 0 bridgehead atoms. The molecule has 2 fully saturated rings. The quantitative estimate of drug-likeness (QED) is 0.479. The van der Waals surface area contributed by atoms with Gasteiger partial charge in [-0.25, -0.2) is 0 Å². The van der Waals surface area contributed by atoms with Crippen LogP contribution in [0.3, 0.4) is 0 Å². The molecule has 134 valence electrons. The number of likely N-dealkylation sites (tertiary alicyclic amines) is 1. The van der Waals surface area contributed by atoms with Crippen molar-refractivity contribution in [2.45, 2.75) is 59.9 Å². The van der Waals surface area contributed by atoms with Gasteiger partial charge >= 0.3 is 0 Å². The Hall–Kier alpha value is -2.17. The zero-order valence-electron chi connectivity index (χ0n) is 15.5. The molecule has 0 aromatic heterocycles. The summed E-state index contributed by atoms with van der Waals surface area (Å²) in [5, 5.41) is 2.25. The highest BCUT2D eigenvalue weighted by molar-refractivity contribution is 6.06. The molecule has 1 N–H and O–H groups in total. The van der Waals surface area contributed by atoms with Gasteiger partial charge in [0.15, 0.2) is 0 Å². The van der Waals surface area contributed by atoms with E-state index in [1.807, 2.05) is 20.8 Å². The minimum absolute atomic E-state index is 0.174. The van der Waals surface area contributed by atoms with Gasteiger partial charge in [-0.2, -0.15) is 0 Å². The van der Waals surface area contributed by atoms with E-state index < -0.39 is 6.04 Å². The van der Waals surface area contributed by atoms with Crippen LogP contribution in [0, 0.1) is 0 Å². The van der Waals surface area contributed by atoms with E-state index in [1.165, 1.54) is 4.90 Å². The smallest absolute Gasteiger partial charge is 0.254 e. The van der Waals surface area contributed by atoms with Gasteiger partial charge in [0.1, 0.15) is 6.04 Å². The van der Waals surface area contributed by atoms with Crippen molar-refractivity contribution < 1.29 is 14.4 Å². The predicted octanol–water partition coefficient (Wildman–Crippen LogP) is 3.14. The Kier molecular flexibility index (Phi) is 10.3. The molecule has 5 nitrogen and oxygen atoms in total. The number of nitrogens with one attached hydrogen (secondary N) is 1. The van der Waals surface area contributed by atoms with Crippen molar-refractivity contribution in [1.29, 1.82) is 0 Å². The lowest BCUT2D eigenvalue weighted by atomic mass is 10.0. The summed E-state index contributed by atoms with van der Waals surface area (Å²) >= 11 is 0. The molecule has 1 atom stereocenters. The van der Waals surface area contributed by atoms with Gasteiger partial charge in [0.2, 0.25) is 11.8 Å². The fraction of sp³-hybridized carbons (Fsp3) is 0.526. The number of allylic oxidation sites excluding steroid dienone is 3. The Morgan fingerprint density at radius 1 is 1.25 bits per heavy atom. The lowest BCUT2D eigenvalue weighted by molar-refractivity contribution is -0.142. The molecule has 0 aromatic rings. The van der Waals surface area contributed by atoms with Crippen LogP contribution in [0.5, 0.6) is 0 Å². The molecule has 24 heavy (non-hydrogen) atoms. The van der Waals surface area contributed by atoms with Crippen LogP contribution in [0.2, 0.25) is 0 Å². The number of hydrogen-bond donors (Lipinski definition) is 1. The van der Waals surface area contributed by atoms with E-state index >= 15 is 0 Å². The van der Waals surface area contributed by atoms with Crippen LogP contribution in [-0.4, -0.2) is 35.2 Å². The average Bonchev–Trinajstić information content (AvgIpc) is 2.85. The molecule has 0 spiro atoms. The topological polar surface area (TPSA) is 66.5 Å². The fourth-order valence-electron chi connectivity index (χ4n) is 2.46. The Morgan fingerprint density at radius 3 is 2.25 bits per heavy atom. The van der Waals surface area contributed by atoms with E-state index in [0.717, 1.165) is 12.0 Å². The molecule has 0 radical (unpaired) electrons. The maximum absolute atomic E-state index is 12.0. The normalized spacial score (nSPS) is 22.1. The summed E-state index contributed by atoms with van der Waals surface area (Å²) in [6, 6.07) is -0.547. The molecule has 0 aromatic carbocycles. The van der Waals surface area contributed by atoms with Crippen molar-refractivity contribution in [3.63, 3.8) is 0 Å². The number of nitrogens with zero attached hydrogens (tertiary/aromatic N) is 1. The maximum atomic E-state index is 12.0. The number of rotatable bonds is 2. The third-order valence-corrected chi connectivity index (χ3v) is 3.58. The van der Waals surface area contributed by atoms with E-state index in [9.17, 15) is 14.4 Å². The minimum Gasteiger partial charge on any atom is -0.322 e. The zero-order chi connectivity index (χ0) is 18.7. The van der Waals surface area contributed by atoms with E-state index in [1.54, 1.807) is 13.0 Å². The maximum Gasteiger partial charge on any atom is 0.254 e. The Bertz CT molecular complexity index is 533. The van der Waals surface area contributed by atoms with Crippen LogP contribution < -0.4 is 5.32 Å². The molecule has 2 saturated heterocycles. The summed E-state index contributed by atoms with van der Waals surface area (Å²) in [7, 11) is 0. The minimum atomic E-state index is -0.547. The first kappa shape index (κ1) is 21.8. The predicted molar refractivity (Wildman–Crippen MR) is 97.2 cm³/mol. The number of piperidine rings is 1. The summed E-state index contributed by atoms with van der Waals surface area (Å²) in [6.45, 7) is 14.1. The molecule has 1 unspecified atom stereocenters. The van der Waals surface area contributed by atoms with E-state index in [0.29, 0.717) is 18.5 Å². The molecule has 2 heterocycles. The Labute approximate surface area is 145 Å². The van der Waals surface area contributed by atoms with Gasteiger partial charge in [0.05, 0.1) is 0 Å². The third kappa shape index (κ3) is 5.80. The standard InChI is InChI=1S/C12H14N2O3.C5H10.C2H6/c1-3-8-7(2)6-14(12(8)17)9-4-5-10(15)13-11(9)16;1-3-5-4-2;1-2/h3,9H,2,4-6H2,1H3,(H,13,15,16);3,5H,4H2,1-2H3;1-2H3/b8-3+;5-3-;. The van der Waals surface area contributed by atoms with Gasteiger partial charge < -0.3 is 4.90 Å². The number of hydrogen-bond acceptors (Lipinski definition) is 3. The second-order valence-corrected chi connectivity index (χ2v) is 5.18.